The van der Waals surface area contributed by atoms with Gasteiger partial charge in [-0.05, 0) is 44.2 Å². The number of aryl methyl sites for hydroxylation is 2. The number of rotatable bonds is 3. The maximum Gasteiger partial charge on any atom is 0.325 e. The molecule has 1 saturated carbocycles. The zero-order valence-corrected chi connectivity index (χ0v) is 14.5. The first-order valence-electron chi connectivity index (χ1n) is 8.60. The molecule has 0 aromatic heterocycles. The van der Waals surface area contributed by atoms with Gasteiger partial charge in [-0.2, -0.15) is 0 Å². The van der Waals surface area contributed by atoms with E-state index in [0.29, 0.717) is 12.0 Å². The van der Waals surface area contributed by atoms with Crippen LogP contribution < -0.4 is 5.32 Å². The number of nitrogens with zero attached hydrogens (tertiary/aromatic N) is 1. The second-order valence-corrected chi connectivity index (χ2v) is 7.18. The van der Waals surface area contributed by atoms with E-state index in [1.165, 1.54) is 0 Å². The van der Waals surface area contributed by atoms with E-state index in [-0.39, 0.29) is 24.2 Å². The number of hydrogen-bond donors (Lipinski definition) is 1. The molecule has 0 bridgehead atoms. The molecule has 3 rings (SSSR count). The van der Waals surface area contributed by atoms with Gasteiger partial charge in [-0.25, -0.2) is 4.79 Å². The predicted octanol–water partition coefficient (Wildman–Crippen LogP) is 2.99. The molecule has 1 aliphatic heterocycles. The summed E-state index contributed by atoms with van der Waals surface area (Å²) in [6, 6.07) is 5.21. The van der Waals surface area contributed by atoms with Crippen molar-refractivity contribution in [1.82, 2.24) is 10.2 Å². The molecular formula is C19H24N2O3. The van der Waals surface area contributed by atoms with Crippen LogP contribution in [0.5, 0.6) is 0 Å². The van der Waals surface area contributed by atoms with Crippen molar-refractivity contribution in [3.63, 3.8) is 0 Å². The number of amides is 3. The maximum atomic E-state index is 12.9. The average molecular weight is 328 g/mol. The normalized spacial score (nSPS) is 26.8. The van der Waals surface area contributed by atoms with E-state index in [2.05, 4.69) is 5.32 Å². The van der Waals surface area contributed by atoms with Gasteiger partial charge in [0.25, 0.3) is 5.91 Å². The van der Waals surface area contributed by atoms with Crippen molar-refractivity contribution in [3.8, 4) is 0 Å². The molecule has 24 heavy (non-hydrogen) atoms. The van der Waals surface area contributed by atoms with Gasteiger partial charge in [-0.3, -0.25) is 14.5 Å². The molecule has 5 heteroatoms. The van der Waals surface area contributed by atoms with Crippen molar-refractivity contribution in [1.29, 1.82) is 0 Å². The third-order valence-electron chi connectivity index (χ3n) is 5.50. The molecule has 5 nitrogen and oxygen atoms in total. The van der Waals surface area contributed by atoms with E-state index in [1.807, 2.05) is 39.0 Å². The number of carbonyl (C=O) groups excluding carboxylic acids is 3. The van der Waals surface area contributed by atoms with Crippen molar-refractivity contribution in [3.05, 3.63) is 34.9 Å². The SMILES string of the molecule is Cc1ccc(C)c(C(=O)CN2C(=O)N[C@@]3(CCCC[C@@H]3C)C2=O)c1. The van der Waals surface area contributed by atoms with Crippen LogP contribution in [-0.2, 0) is 4.79 Å². The second kappa shape index (κ2) is 6.04. The summed E-state index contributed by atoms with van der Waals surface area (Å²) >= 11 is 0. The Hall–Kier alpha value is -2.17. The molecule has 1 aromatic rings. The molecule has 128 valence electrons. The quantitative estimate of drug-likeness (QED) is 0.685. The summed E-state index contributed by atoms with van der Waals surface area (Å²) in [7, 11) is 0. The molecule has 1 aromatic carbocycles. The minimum Gasteiger partial charge on any atom is -0.323 e. The number of benzene rings is 1. The lowest BCUT2D eigenvalue weighted by Crippen LogP contribution is -2.54. The highest BCUT2D eigenvalue weighted by Crippen LogP contribution is 2.38. The highest BCUT2D eigenvalue weighted by atomic mass is 16.2. The number of urea groups is 1. The number of Topliss-reactive ketones (excluding diaryl/α,β-unsaturated/α-hetero) is 1. The Morgan fingerprint density at radius 2 is 2.04 bits per heavy atom. The summed E-state index contributed by atoms with van der Waals surface area (Å²) < 4.78 is 0. The molecule has 1 aliphatic carbocycles. The number of carbonyl (C=O) groups is 3. The number of hydrogen-bond acceptors (Lipinski definition) is 3. The van der Waals surface area contributed by atoms with Crippen molar-refractivity contribution in [2.45, 2.75) is 52.0 Å². The Kier molecular flexibility index (Phi) is 4.20. The topological polar surface area (TPSA) is 66.5 Å². The molecule has 2 aliphatic rings. The van der Waals surface area contributed by atoms with Crippen LogP contribution >= 0.6 is 0 Å². The molecule has 1 saturated heterocycles. The minimum atomic E-state index is -0.808. The Bertz CT molecular complexity index is 713. The molecule has 0 radical (unpaired) electrons. The molecule has 1 heterocycles. The number of imide groups is 1. The van der Waals surface area contributed by atoms with Crippen LogP contribution in [0.4, 0.5) is 4.79 Å². The van der Waals surface area contributed by atoms with Gasteiger partial charge >= 0.3 is 6.03 Å². The monoisotopic (exact) mass is 328 g/mol. The zero-order chi connectivity index (χ0) is 17.5. The van der Waals surface area contributed by atoms with Crippen LogP contribution in [0.2, 0.25) is 0 Å². The third kappa shape index (κ3) is 2.62. The first-order chi connectivity index (χ1) is 11.3. The Morgan fingerprint density at radius 3 is 2.75 bits per heavy atom. The lowest BCUT2D eigenvalue weighted by Gasteiger charge is -2.36. The van der Waals surface area contributed by atoms with E-state index < -0.39 is 11.6 Å². The van der Waals surface area contributed by atoms with Gasteiger partial charge in [0, 0.05) is 5.56 Å². The number of ketones is 1. The Balaban J connectivity index is 1.82. The van der Waals surface area contributed by atoms with Gasteiger partial charge in [0.05, 0.1) is 6.54 Å². The van der Waals surface area contributed by atoms with Crippen LogP contribution in [0.25, 0.3) is 0 Å². The minimum absolute atomic E-state index is 0.100. The molecule has 3 amide bonds. The smallest absolute Gasteiger partial charge is 0.323 e. The Morgan fingerprint density at radius 1 is 1.29 bits per heavy atom. The van der Waals surface area contributed by atoms with Crippen molar-refractivity contribution < 1.29 is 14.4 Å². The molecule has 2 fully saturated rings. The molecule has 2 atom stereocenters. The van der Waals surface area contributed by atoms with Gasteiger partial charge < -0.3 is 5.32 Å². The van der Waals surface area contributed by atoms with E-state index in [9.17, 15) is 14.4 Å². The van der Waals surface area contributed by atoms with E-state index in [0.717, 1.165) is 35.3 Å². The van der Waals surface area contributed by atoms with Crippen molar-refractivity contribution >= 4 is 17.7 Å². The highest BCUT2D eigenvalue weighted by Gasteiger charge is 2.55. The van der Waals surface area contributed by atoms with Crippen LogP contribution in [0.15, 0.2) is 18.2 Å². The van der Waals surface area contributed by atoms with Crippen LogP contribution in [0.1, 0.15) is 54.1 Å². The lowest BCUT2D eigenvalue weighted by molar-refractivity contribution is -0.133. The molecule has 1 spiro atoms. The summed E-state index contributed by atoms with van der Waals surface area (Å²) in [5.41, 5.74) is 1.61. The largest absolute Gasteiger partial charge is 0.325 e. The predicted molar refractivity (Wildman–Crippen MR) is 90.9 cm³/mol. The first-order valence-corrected chi connectivity index (χ1v) is 8.60. The second-order valence-electron chi connectivity index (χ2n) is 7.18. The zero-order valence-electron chi connectivity index (χ0n) is 14.5. The lowest BCUT2D eigenvalue weighted by atomic mass is 9.73. The van der Waals surface area contributed by atoms with E-state index in [4.69, 9.17) is 0 Å². The highest BCUT2D eigenvalue weighted by molar-refractivity contribution is 6.11. The average Bonchev–Trinajstić information content (AvgIpc) is 2.78. The van der Waals surface area contributed by atoms with Crippen molar-refractivity contribution in [2.75, 3.05) is 6.54 Å². The fourth-order valence-corrected chi connectivity index (χ4v) is 3.90. The fraction of sp³-hybridized carbons (Fsp3) is 0.526. The Labute approximate surface area is 142 Å². The van der Waals surface area contributed by atoms with E-state index >= 15 is 0 Å². The summed E-state index contributed by atoms with van der Waals surface area (Å²) in [5.74, 6) is -0.331. The summed E-state index contributed by atoms with van der Waals surface area (Å²) in [4.78, 5) is 39.0. The standard InChI is InChI=1S/C19H24N2O3/c1-12-7-8-13(2)15(10-12)16(22)11-21-17(23)19(20-18(21)24)9-5-4-6-14(19)3/h7-8,10,14H,4-6,9,11H2,1-3H3,(H,20,24)/t14-,19+/m0/s1. The summed E-state index contributed by atoms with van der Waals surface area (Å²) in [6.07, 6.45) is 3.58. The summed E-state index contributed by atoms with van der Waals surface area (Å²) in [5, 5.41) is 2.89. The molecule has 0 unspecified atom stereocenters. The summed E-state index contributed by atoms with van der Waals surface area (Å²) in [6.45, 7) is 5.60. The van der Waals surface area contributed by atoms with Gasteiger partial charge in [-0.15, -0.1) is 0 Å². The van der Waals surface area contributed by atoms with Crippen LogP contribution in [-0.4, -0.2) is 34.7 Å². The van der Waals surface area contributed by atoms with Gasteiger partial charge in [0.1, 0.15) is 5.54 Å². The van der Waals surface area contributed by atoms with Crippen LogP contribution in [0, 0.1) is 19.8 Å². The molecule has 1 N–H and O–H groups in total. The fourth-order valence-electron chi connectivity index (χ4n) is 3.90. The van der Waals surface area contributed by atoms with E-state index in [1.54, 1.807) is 0 Å². The first kappa shape index (κ1) is 16.7. The maximum absolute atomic E-state index is 12.9. The van der Waals surface area contributed by atoms with Gasteiger partial charge in [0.2, 0.25) is 0 Å². The van der Waals surface area contributed by atoms with Crippen LogP contribution in [0.3, 0.4) is 0 Å². The van der Waals surface area contributed by atoms with Crippen molar-refractivity contribution in [2.24, 2.45) is 5.92 Å². The van der Waals surface area contributed by atoms with Gasteiger partial charge in [-0.1, -0.05) is 37.5 Å². The molecular weight excluding hydrogens is 304 g/mol. The van der Waals surface area contributed by atoms with Gasteiger partial charge in [0.15, 0.2) is 5.78 Å². The third-order valence-corrected chi connectivity index (χ3v) is 5.50. The number of nitrogens with one attached hydrogen (secondary N) is 1.